The maximum absolute atomic E-state index is 12.6. The second kappa shape index (κ2) is 12.1. The highest BCUT2D eigenvalue weighted by Gasteiger charge is 2.23. The van der Waals surface area contributed by atoms with Gasteiger partial charge in [-0.2, -0.15) is 0 Å². The van der Waals surface area contributed by atoms with E-state index in [1.54, 1.807) is 54.1 Å². The lowest BCUT2D eigenvalue weighted by Gasteiger charge is -2.17. The Bertz CT molecular complexity index is 1160. The van der Waals surface area contributed by atoms with Gasteiger partial charge in [0.1, 0.15) is 11.8 Å². The summed E-state index contributed by atoms with van der Waals surface area (Å²) < 4.78 is 6.84. The van der Waals surface area contributed by atoms with Gasteiger partial charge < -0.3 is 25.0 Å². The molecule has 0 saturated carbocycles. The van der Waals surface area contributed by atoms with E-state index in [9.17, 15) is 14.7 Å². The molecule has 1 heterocycles. The predicted octanol–water partition coefficient (Wildman–Crippen LogP) is 3.81. The Kier molecular flexibility index (Phi) is 9.17. The lowest BCUT2D eigenvalue weighted by Crippen LogP contribution is -2.32. The Morgan fingerprint density at radius 2 is 1.88 bits per heavy atom. The summed E-state index contributed by atoms with van der Waals surface area (Å²) >= 11 is 13.1. The van der Waals surface area contributed by atoms with Gasteiger partial charge in [0.15, 0.2) is 11.0 Å². The van der Waals surface area contributed by atoms with Crippen LogP contribution in [0, 0.1) is 0 Å². The molecule has 1 atom stereocenters. The third-order valence-electron chi connectivity index (χ3n) is 4.75. The van der Waals surface area contributed by atoms with Crippen molar-refractivity contribution in [3.63, 3.8) is 0 Å². The summed E-state index contributed by atoms with van der Waals surface area (Å²) in [5.74, 6) is 0.454. The summed E-state index contributed by atoms with van der Waals surface area (Å²) in [4.78, 5) is 25.0. The van der Waals surface area contributed by atoms with Crippen molar-refractivity contribution < 1.29 is 19.4 Å². The zero-order valence-corrected chi connectivity index (χ0v) is 20.7. The zero-order chi connectivity index (χ0) is 24.7. The molecule has 3 N–H and O–H groups in total. The van der Waals surface area contributed by atoms with E-state index in [0.29, 0.717) is 44.6 Å². The van der Waals surface area contributed by atoms with Gasteiger partial charge in [0.05, 0.1) is 29.5 Å². The molecule has 0 aliphatic carbocycles. The minimum atomic E-state index is -0.776. The first-order chi connectivity index (χ1) is 16.4. The smallest absolute Gasteiger partial charge is 0.251 e. The number of aromatic nitrogens is 3. The topological polar surface area (TPSA) is 118 Å². The van der Waals surface area contributed by atoms with Crippen molar-refractivity contribution in [1.82, 2.24) is 20.1 Å². The van der Waals surface area contributed by atoms with Gasteiger partial charge >= 0.3 is 0 Å². The number of hydrogen-bond donors (Lipinski definition) is 3. The van der Waals surface area contributed by atoms with Crippen LogP contribution in [0.1, 0.15) is 29.1 Å². The van der Waals surface area contributed by atoms with E-state index < -0.39 is 6.04 Å². The normalized spacial score (nSPS) is 11.7. The number of carbonyl (C=O) groups excluding carboxylic acids is 2. The predicted molar refractivity (Wildman–Crippen MR) is 132 cm³/mol. The van der Waals surface area contributed by atoms with E-state index in [4.69, 9.17) is 27.9 Å². The lowest BCUT2D eigenvalue weighted by atomic mass is 10.2. The fourth-order valence-corrected chi connectivity index (χ4v) is 4.15. The van der Waals surface area contributed by atoms with Crippen LogP contribution in [0.5, 0.6) is 5.75 Å². The summed E-state index contributed by atoms with van der Waals surface area (Å²) in [5, 5.41) is 24.9. The number of rotatable bonds is 10. The standard InChI is InChI=1S/C22H23Cl2N5O4S/c1-3-29-20(18(11-30)26-21(32)13-4-7-15(33-2)8-5-13)27-28-22(29)34-12-19(31)25-14-6-9-16(23)17(24)10-14/h4-10,18,30H,3,11-12H2,1-2H3,(H,25,31)(H,26,32)/t18-/m0/s1. The van der Waals surface area contributed by atoms with E-state index in [2.05, 4.69) is 20.8 Å². The van der Waals surface area contributed by atoms with Crippen LogP contribution < -0.4 is 15.4 Å². The molecule has 34 heavy (non-hydrogen) atoms. The number of thioether (sulfide) groups is 1. The molecule has 2 aromatic carbocycles. The Balaban J connectivity index is 1.65. The molecule has 0 fully saturated rings. The summed E-state index contributed by atoms with van der Waals surface area (Å²) in [6.45, 7) is 1.99. The molecule has 0 saturated heterocycles. The number of hydrogen-bond acceptors (Lipinski definition) is 7. The Morgan fingerprint density at radius 1 is 1.15 bits per heavy atom. The van der Waals surface area contributed by atoms with Gasteiger partial charge in [0.2, 0.25) is 5.91 Å². The molecule has 0 radical (unpaired) electrons. The number of methoxy groups -OCH3 is 1. The monoisotopic (exact) mass is 523 g/mol. The summed E-state index contributed by atoms with van der Waals surface area (Å²) in [6.07, 6.45) is 0. The summed E-state index contributed by atoms with van der Waals surface area (Å²) in [7, 11) is 1.54. The number of carbonyl (C=O) groups is 2. The van der Waals surface area contributed by atoms with Crippen LogP contribution in [0.4, 0.5) is 5.69 Å². The third kappa shape index (κ3) is 6.41. The van der Waals surface area contributed by atoms with E-state index in [1.165, 1.54) is 11.8 Å². The maximum Gasteiger partial charge on any atom is 0.251 e. The number of ether oxygens (including phenoxy) is 1. The molecule has 0 aliphatic heterocycles. The molecular weight excluding hydrogens is 501 g/mol. The highest BCUT2D eigenvalue weighted by molar-refractivity contribution is 7.99. The van der Waals surface area contributed by atoms with Gasteiger partial charge in [-0.25, -0.2) is 0 Å². The molecule has 3 aromatic rings. The molecule has 9 nitrogen and oxygen atoms in total. The van der Waals surface area contributed by atoms with Crippen LogP contribution in [-0.4, -0.2) is 51.2 Å². The number of aliphatic hydroxyl groups is 1. The van der Waals surface area contributed by atoms with Gasteiger partial charge in [0, 0.05) is 17.8 Å². The molecule has 0 aliphatic rings. The number of halogens is 2. The molecule has 0 bridgehead atoms. The van der Waals surface area contributed by atoms with Crippen LogP contribution in [0.2, 0.25) is 10.0 Å². The van der Waals surface area contributed by atoms with Crippen LogP contribution in [0.15, 0.2) is 47.6 Å². The van der Waals surface area contributed by atoms with E-state index in [-0.39, 0.29) is 24.2 Å². The fraction of sp³-hybridized carbons (Fsp3) is 0.273. The number of nitrogens with zero attached hydrogens (tertiary/aromatic N) is 3. The number of anilines is 1. The quantitative estimate of drug-likeness (QED) is 0.345. The number of nitrogens with one attached hydrogen (secondary N) is 2. The number of benzene rings is 2. The highest BCUT2D eigenvalue weighted by atomic mass is 35.5. The Morgan fingerprint density at radius 3 is 2.50 bits per heavy atom. The second-order valence-corrected chi connectivity index (χ2v) is 8.74. The SMILES string of the molecule is CCn1c(SCC(=O)Nc2ccc(Cl)c(Cl)c2)nnc1[C@H](CO)NC(=O)c1ccc(OC)cc1. The molecule has 0 spiro atoms. The lowest BCUT2D eigenvalue weighted by molar-refractivity contribution is -0.113. The highest BCUT2D eigenvalue weighted by Crippen LogP contribution is 2.26. The van der Waals surface area contributed by atoms with Crippen molar-refractivity contribution in [3.05, 3.63) is 63.9 Å². The van der Waals surface area contributed by atoms with Crippen LogP contribution in [-0.2, 0) is 11.3 Å². The van der Waals surface area contributed by atoms with Crippen LogP contribution >= 0.6 is 35.0 Å². The van der Waals surface area contributed by atoms with Crippen molar-refractivity contribution in [2.45, 2.75) is 24.7 Å². The van der Waals surface area contributed by atoms with Gasteiger partial charge in [-0.1, -0.05) is 35.0 Å². The van der Waals surface area contributed by atoms with Crippen molar-refractivity contribution in [2.24, 2.45) is 0 Å². The Labute approximate surface area is 210 Å². The number of aliphatic hydroxyl groups excluding tert-OH is 1. The third-order valence-corrected chi connectivity index (χ3v) is 6.45. The average Bonchev–Trinajstić information content (AvgIpc) is 3.26. The zero-order valence-electron chi connectivity index (χ0n) is 18.4. The van der Waals surface area contributed by atoms with Crippen molar-refractivity contribution in [3.8, 4) is 5.75 Å². The molecule has 12 heteroatoms. The molecular formula is C22H23Cl2N5O4S. The van der Waals surface area contributed by atoms with E-state index >= 15 is 0 Å². The summed E-state index contributed by atoms with van der Waals surface area (Å²) in [6, 6.07) is 10.6. The van der Waals surface area contributed by atoms with E-state index in [0.717, 1.165) is 0 Å². The van der Waals surface area contributed by atoms with Crippen molar-refractivity contribution in [1.29, 1.82) is 0 Å². The van der Waals surface area contributed by atoms with E-state index in [1.807, 2.05) is 6.92 Å². The second-order valence-electron chi connectivity index (χ2n) is 6.99. The van der Waals surface area contributed by atoms with Gasteiger partial charge in [-0.05, 0) is 49.4 Å². The first-order valence-electron chi connectivity index (χ1n) is 10.2. The first kappa shape index (κ1) is 25.8. The maximum atomic E-state index is 12.6. The minimum Gasteiger partial charge on any atom is -0.497 e. The molecule has 3 rings (SSSR count). The molecule has 180 valence electrons. The summed E-state index contributed by atoms with van der Waals surface area (Å²) in [5.41, 5.74) is 0.939. The average molecular weight is 524 g/mol. The van der Waals surface area contributed by atoms with Crippen LogP contribution in [0.25, 0.3) is 0 Å². The van der Waals surface area contributed by atoms with Crippen LogP contribution in [0.3, 0.4) is 0 Å². The first-order valence-corrected chi connectivity index (χ1v) is 12.0. The minimum absolute atomic E-state index is 0.0698. The van der Waals surface area contributed by atoms with Gasteiger partial charge in [0.25, 0.3) is 5.91 Å². The van der Waals surface area contributed by atoms with Crippen molar-refractivity contribution in [2.75, 3.05) is 24.8 Å². The molecule has 1 aromatic heterocycles. The molecule has 2 amide bonds. The number of amides is 2. The molecule has 0 unspecified atom stereocenters. The fourth-order valence-electron chi connectivity index (χ4n) is 3.04. The Hall–Kier alpha value is -2.79. The van der Waals surface area contributed by atoms with Crippen molar-refractivity contribution >= 4 is 52.5 Å². The largest absolute Gasteiger partial charge is 0.497 e. The van der Waals surface area contributed by atoms with Gasteiger partial charge in [-0.3, -0.25) is 9.59 Å². The van der Waals surface area contributed by atoms with Gasteiger partial charge in [-0.15, -0.1) is 10.2 Å².